The second-order valence-electron chi connectivity index (χ2n) is 7.83. The highest BCUT2D eigenvalue weighted by atomic mass is 32.2. The zero-order chi connectivity index (χ0) is 22.2. The molecule has 10 heteroatoms. The van der Waals surface area contributed by atoms with Gasteiger partial charge in [-0.05, 0) is 48.9 Å². The summed E-state index contributed by atoms with van der Waals surface area (Å²) in [5, 5.41) is 11.9. The van der Waals surface area contributed by atoms with Gasteiger partial charge in [0.15, 0.2) is 0 Å². The minimum absolute atomic E-state index is 0.115. The van der Waals surface area contributed by atoms with E-state index in [2.05, 4.69) is 0 Å². The first-order valence-corrected chi connectivity index (χ1v) is 12.5. The standard InChI is InChI=1S/C21H25N3O5S2/c1-15-6-7-17(25)19(14-15)31(28,29)23-11-9-22(10-12-23)20(26)16-4-2-8-24(16)21(27)18-5-3-13-30-18/h3,5-7,13-14,16,25H,2,4,8-12H2,1H3. The first-order chi connectivity index (χ1) is 14.8. The van der Waals surface area contributed by atoms with Crippen molar-refractivity contribution in [3.05, 3.63) is 46.2 Å². The van der Waals surface area contributed by atoms with Crippen LogP contribution in [0, 0.1) is 6.92 Å². The summed E-state index contributed by atoms with van der Waals surface area (Å²) in [4.78, 5) is 29.7. The summed E-state index contributed by atoms with van der Waals surface area (Å²) < 4.78 is 27.3. The Labute approximate surface area is 185 Å². The highest BCUT2D eigenvalue weighted by Crippen LogP contribution is 2.28. The molecule has 1 atom stereocenters. The number of likely N-dealkylation sites (tertiary alicyclic amines) is 1. The number of phenols is 1. The molecule has 31 heavy (non-hydrogen) atoms. The molecule has 0 bridgehead atoms. The van der Waals surface area contributed by atoms with Crippen molar-refractivity contribution in [2.75, 3.05) is 32.7 Å². The lowest BCUT2D eigenvalue weighted by atomic mass is 10.1. The van der Waals surface area contributed by atoms with Crippen LogP contribution in [0.4, 0.5) is 0 Å². The lowest BCUT2D eigenvalue weighted by Crippen LogP contribution is -2.55. The fourth-order valence-electron chi connectivity index (χ4n) is 4.13. The highest BCUT2D eigenvalue weighted by Gasteiger charge is 2.39. The van der Waals surface area contributed by atoms with Gasteiger partial charge in [-0.3, -0.25) is 9.59 Å². The van der Waals surface area contributed by atoms with Crippen molar-refractivity contribution in [2.24, 2.45) is 0 Å². The number of hydrogen-bond acceptors (Lipinski definition) is 6. The second-order valence-corrected chi connectivity index (χ2v) is 10.7. The number of phenolic OH excluding ortho intramolecular Hbond substituents is 1. The van der Waals surface area contributed by atoms with Gasteiger partial charge < -0.3 is 14.9 Å². The lowest BCUT2D eigenvalue weighted by Gasteiger charge is -2.36. The normalized spacial score (nSPS) is 20.2. The number of hydrogen-bond donors (Lipinski definition) is 1. The molecule has 1 aromatic carbocycles. The summed E-state index contributed by atoms with van der Waals surface area (Å²) in [6.45, 7) is 3.11. The van der Waals surface area contributed by atoms with E-state index in [0.717, 1.165) is 12.0 Å². The predicted molar refractivity (Wildman–Crippen MR) is 117 cm³/mol. The number of aromatic hydroxyl groups is 1. The molecule has 0 saturated carbocycles. The van der Waals surface area contributed by atoms with E-state index in [1.807, 2.05) is 11.4 Å². The van der Waals surface area contributed by atoms with Crippen LogP contribution in [-0.2, 0) is 14.8 Å². The molecule has 166 valence electrons. The van der Waals surface area contributed by atoms with Crippen LogP contribution in [0.2, 0.25) is 0 Å². The summed E-state index contributed by atoms with van der Waals surface area (Å²) in [5.41, 5.74) is 0.738. The van der Waals surface area contributed by atoms with Crippen molar-refractivity contribution in [1.82, 2.24) is 14.1 Å². The van der Waals surface area contributed by atoms with Gasteiger partial charge in [0.05, 0.1) is 4.88 Å². The number of amides is 2. The first kappa shape index (κ1) is 21.8. The third kappa shape index (κ3) is 4.19. The Kier molecular flexibility index (Phi) is 6.05. The van der Waals surface area contributed by atoms with E-state index >= 15 is 0 Å². The van der Waals surface area contributed by atoms with Crippen LogP contribution in [0.5, 0.6) is 5.75 Å². The highest BCUT2D eigenvalue weighted by molar-refractivity contribution is 7.89. The third-order valence-electron chi connectivity index (χ3n) is 5.81. The van der Waals surface area contributed by atoms with E-state index in [9.17, 15) is 23.1 Å². The van der Waals surface area contributed by atoms with E-state index < -0.39 is 16.1 Å². The Morgan fingerprint density at radius 3 is 2.52 bits per heavy atom. The van der Waals surface area contributed by atoms with Crippen LogP contribution in [0.3, 0.4) is 0 Å². The zero-order valence-electron chi connectivity index (χ0n) is 17.2. The number of thiophene rings is 1. The molecule has 1 aromatic heterocycles. The number of carbonyl (C=O) groups is 2. The van der Waals surface area contributed by atoms with Crippen molar-refractivity contribution >= 4 is 33.2 Å². The van der Waals surface area contributed by atoms with Gasteiger partial charge in [-0.1, -0.05) is 12.1 Å². The smallest absolute Gasteiger partial charge is 0.264 e. The monoisotopic (exact) mass is 463 g/mol. The molecule has 2 aliphatic heterocycles. The summed E-state index contributed by atoms with van der Waals surface area (Å²) >= 11 is 1.36. The number of carbonyl (C=O) groups excluding carboxylic acids is 2. The van der Waals surface area contributed by atoms with Gasteiger partial charge in [0.1, 0.15) is 16.7 Å². The van der Waals surface area contributed by atoms with Crippen LogP contribution in [0.25, 0.3) is 0 Å². The van der Waals surface area contributed by atoms with Crippen LogP contribution in [0.1, 0.15) is 28.1 Å². The van der Waals surface area contributed by atoms with E-state index in [0.29, 0.717) is 17.8 Å². The molecule has 1 unspecified atom stereocenters. The number of benzene rings is 1. The molecule has 0 spiro atoms. The molecule has 2 aliphatic rings. The van der Waals surface area contributed by atoms with Crippen molar-refractivity contribution in [2.45, 2.75) is 30.7 Å². The van der Waals surface area contributed by atoms with E-state index in [1.54, 1.807) is 28.9 Å². The minimum Gasteiger partial charge on any atom is -0.507 e. The molecule has 2 fully saturated rings. The number of nitrogens with zero attached hydrogens (tertiary/aromatic N) is 3. The van der Waals surface area contributed by atoms with Gasteiger partial charge in [0, 0.05) is 32.7 Å². The van der Waals surface area contributed by atoms with Gasteiger partial charge in [0.2, 0.25) is 15.9 Å². The predicted octanol–water partition coefficient (Wildman–Crippen LogP) is 1.90. The number of piperazine rings is 1. The average molecular weight is 464 g/mol. The maximum absolute atomic E-state index is 13.1. The molecule has 2 saturated heterocycles. The van der Waals surface area contributed by atoms with Crippen molar-refractivity contribution in [3.63, 3.8) is 0 Å². The Balaban J connectivity index is 1.43. The summed E-state index contributed by atoms with van der Waals surface area (Å²) in [6, 6.07) is 7.55. The molecule has 0 aliphatic carbocycles. The molecule has 1 N–H and O–H groups in total. The summed E-state index contributed by atoms with van der Waals surface area (Å²) in [6.07, 6.45) is 1.39. The van der Waals surface area contributed by atoms with Crippen LogP contribution in [0.15, 0.2) is 40.6 Å². The second kappa shape index (κ2) is 8.60. The number of aryl methyl sites for hydroxylation is 1. The van der Waals surface area contributed by atoms with E-state index in [4.69, 9.17) is 0 Å². The zero-order valence-corrected chi connectivity index (χ0v) is 18.9. The molecule has 0 radical (unpaired) electrons. The van der Waals surface area contributed by atoms with Gasteiger partial charge >= 0.3 is 0 Å². The molecule has 2 aromatic rings. The molecular weight excluding hydrogens is 438 g/mol. The quantitative estimate of drug-likeness (QED) is 0.747. The van der Waals surface area contributed by atoms with Gasteiger partial charge in [-0.25, -0.2) is 8.42 Å². The largest absolute Gasteiger partial charge is 0.507 e. The van der Waals surface area contributed by atoms with Crippen molar-refractivity contribution in [1.29, 1.82) is 0 Å². The molecular formula is C21H25N3O5S2. The lowest BCUT2D eigenvalue weighted by molar-refractivity contribution is -0.136. The third-order valence-corrected chi connectivity index (χ3v) is 8.60. The minimum atomic E-state index is -3.85. The van der Waals surface area contributed by atoms with Gasteiger partial charge in [0.25, 0.3) is 5.91 Å². The summed E-state index contributed by atoms with van der Waals surface area (Å²) in [5.74, 6) is -0.530. The maximum Gasteiger partial charge on any atom is 0.264 e. The maximum atomic E-state index is 13.1. The Morgan fingerprint density at radius 2 is 1.84 bits per heavy atom. The fourth-order valence-corrected chi connectivity index (χ4v) is 6.40. The number of rotatable bonds is 4. The van der Waals surface area contributed by atoms with Crippen molar-refractivity contribution in [3.8, 4) is 5.75 Å². The van der Waals surface area contributed by atoms with Crippen molar-refractivity contribution < 1.29 is 23.1 Å². The Hall–Kier alpha value is -2.43. The van der Waals surface area contributed by atoms with E-state index in [-0.39, 0.29) is 48.6 Å². The van der Waals surface area contributed by atoms with Crippen LogP contribution < -0.4 is 0 Å². The molecule has 3 heterocycles. The first-order valence-electron chi connectivity index (χ1n) is 10.2. The van der Waals surface area contributed by atoms with Crippen LogP contribution >= 0.6 is 11.3 Å². The Morgan fingerprint density at radius 1 is 1.10 bits per heavy atom. The topological polar surface area (TPSA) is 98.2 Å². The average Bonchev–Trinajstić information content (AvgIpc) is 3.47. The number of sulfonamides is 1. The fraction of sp³-hybridized carbons (Fsp3) is 0.429. The molecule has 2 amide bonds. The van der Waals surface area contributed by atoms with Crippen LogP contribution in [-0.4, -0.2) is 78.2 Å². The summed E-state index contributed by atoms with van der Waals surface area (Å²) in [7, 11) is -3.85. The molecule has 8 nitrogen and oxygen atoms in total. The SMILES string of the molecule is Cc1ccc(O)c(S(=O)(=O)N2CCN(C(=O)C3CCCN3C(=O)c3cccs3)CC2)c1. The van der Waals surface area contributed by atoms with E-state index in [1.165, 1.54) is 27.8 Å². The molecule has 4 rings (SSSR count). The Bertz CT molecular complexity index is 1080. The van der Waals surface area contributed by atoms with Gasteiger partial charge in [-0.2, -0.15) is 4.31 Å². The van der Waals surface area contributed by atoms with Gasteiger partial charge in [-0.15, -0.1) is 11.3 Å².